The van der Waals surface area contributed by atoms with E-state index in [1.807, 2.05) is 6.92 Å². The Morgan fingerprint density at radius 1 is 0.792 bits per heavy atom. The summed E-state index contributed by atoms with van der Waals surface area (Å²) in [4.78, 5) is 22.4. The number of carboxylic acid groups (broad SMARTS) is 1. The van der Waals surface area contributed by atoms with Gasteiger partial charge in [0, 0.05) is 6.42 Å². The van der Waals surface area contributed by atoms with E-state index in [-0.39, 0.29) is 12.4 Å². The predicted molar refractivity (Wildman–Crippen MR) is 98.1 cm³/mol. The number of carbonyl (C=O) groups is 2. The first-order chi connectivity index (χ1) is 11.6. The molecule has 0 aromatic rings. The predicted octanol–water partition coefficient (Wildman–Crippen LogP) is 5.87. The first kappa shape index (κ1) is 22.9. The minimum atomic E-state index is -0.896. The van der Waals surface area contributed by atoms with Gasteiger partial charge in [-0.1, -0.05) is 78.1 Å². The number of rotatable bonds is 17. The van der Waals surface area contributed by atoms with Crippen LogP contribution < -0.4 is 0 Å². The van der Waals surface area contributed by atoms with Crippen LogP contribution in [0.2, 0.25) is 0 Å². The van der Waals surface area contributed by atoms with Crippen LogP contribution in [0.15, 0.2) is 0 Å². The van der Waals surface area contributed by atoms with Crippen molar-refractivity contribution in [3.63, 3.8) is 0 Å². The third kappa shape index (κ3) is 15.8. The molecule has 0 radical (unpaired) electrons. The van der Waals surface area contributed by atoms with Crippen molar-refractivity contribution in [3.05, 3.63) is 0 Å². The lowest BCUT2D eigenvalue weighted by molar-refractivity contribution is -0.153. The summed E-state index contributed by atoms with van der Waals surface area (Å²) in [6.45, 7) is 4.16. The summed E-state index contributed by atoms with van der Waals surface area (Å²) in [6.07, 6.45) is 15.1. The van der Waals surface area contributed by atoms with Crippen molar-refractivity contribution in [2.45, 2.75) is 116 Å². The summed E-state index contributed by atoms with van der Waals surface area (Å²) < 4.78 is 5.27. The molecule has 1 atom stereocenters. The maximum atomic E-state index is 11.5. The van der Waals surface area contributed by atoms with Gasteiger partial charge >= 0.3 is 11.9 Å². The van der Waals surface area contributed by atoms with Gasteiger partial charge in [0.1, 0.15) is 6.10 Å². The second-order valence-corrected chi connectivity index (χ2v) is 6.78. The van der Waals surface area contributed by atoms with Gasteiger partial charge in [-0.2, -0.15) is 0 Å². The molecule has 0 aliphatic carbocycles. The van der Waals surface area contributed by atoms with E-state index < -0.39 is 12.1 Å². The molecule has 0 spiro atoms. The average Bonchev–Trinajstić information content (AvgIpc) is 2.52. The number of esters is 1. The van der Waals surface area contributed by atoms with Gasteiger partial charge in [0.25, 0.3) is 0 Å². The van der Waals surface area contributed by atoms with E-state index in [1.54, 1.807) is 0 Å². The molecule has 1 N–H and O–H groups in total. The summed E-state index contributed by atoms with van der Waals surface area (Å²) in [5.41, 5.74) is 0. The number of carbonyl (C=O) groups excluding carboxylic acids is 1. The summed E-state index contributed by atoms with van der Waals surface area (Å²) in [5.74, 6) is -1.17. The van der Waals surface area contributed by atoms with Crippen LogP contribution in [-0.4, -0.2) is 23.1 Å². The SMILES string of the molecule is CCCCCCCCCCCCCC(CC(=O)O)OC(=O)CCC. The summed E-state index contributed by atoms with van der Waals surface area (Å²) in [6, 6.07) is 0. The standard InChI is InChI=1S/C20H38O4/c1-3-5-6-7-8-9-10-11-12-13-14-16-18(17-19(21)22)24-20(23)15-4-2/h18H,3-17H2,1-2H3,(H,21,22). The highest BCUT2D eigenvalue weighted by Crippen LogP contribution is 2.15. The van der Waals surface area contributed by atoms with Gasteiger partial charge < -0.3 is 9.84 Å². The van der Waals surface area contributed by atoms with E-state index in [1.165, 1.54) is 57.8 Å². The molecule has 1 unspecified atom stereocenters. The Balaban J connectivity index is 3.61. The van der Waals surface area contributed by atoms with Crippen LogP contribution >= 0.6 is 0 Å². The van der Waals surface area contributed by atoms with Crippen LogP contribution in [0.1, 0.15) is 110 Å². The molecule has 0 saturated carbocycles. The van der Waals surface area contributed by atoms with E-state index in [0.717, 1.165) is 19.3 Å². The van der Waals surface area contributed by atoms with Gasteiger partial charge in [-0.15, -0.1) is 0 Å². The second-order valence-electron chi connectivity index (χ2n) is 6.78. The third-order valence-corrected chi connectivity index (χ3v) is 4.28. The lowest BCUT2D eigenvalue weighted by atomic mass is 10.0. The van der Waals surface area contributed by atoms with Crippen molar-refractivity contribution < 1.29 is 19.4 Å². The van der Waals surface area contributed by atoms with Crippen molar-refractivity contribution in [1.82, 2.24) is 0 Å². The molecule has 0 aromatic carbocycles. The van der Waals surface area contributed by atoms with Crippen LogP contribution in [0.5, 0.6) is 0 Å². The van der Waals surface area contributed by atoms with Crippen molar-refractivity contribution in [3.8, 4) is 0 Å². The third-order valence-electron chi connectivity index (χ3n) is 4.28. The molecule has 0 heterocycles. The van der Waals surface area contributed by atoms with Crippen molar-refractivity contribution in [2.75, 3.05) is 0 Å². The number of aliphatic carboxylic acids is 1. The molecule has 0 aromatic heterocycles. The smallest absolute Gasteiger partial charge is 0.307 e. The largest absolute Gasteiger partial charge is 0.481 e. The fourth-order valence-corrected chi connectivity index (χ4v) is 2.88. The highest BCUT2D eigenvalue weighted by atomic mass is 16.5. The zero-order valence-electron chi connectivity index (χ0n) is 15.9. The molecule has 4 nitrogen and oxygen atoms in total. The Morgan fingerprint density at radius 2 is 1.29 bits per heavy atom. The Hall–Kier alpha value is -1.06. The highest BCUT2D eigenvalue weighted by molar-refractivity contribution is 5.71. The zero-order valence-corrected chi connectivity index (χ0v) is 15.9. The van der Waals surface area contributed by atoms with E-state index >= 15 is 0 Å². The summed E-state index contributed by atoms with van der Waals surface area (Å²) >= 11 is 0. The van der Waals surface area contributed by atoms with Crippen LogP contribution in [-0.2, 0) is 14.3 Å². The lowest BCUT2D eigenvalue weighted by Gasteiger charge is -2.16. The minimum absolute atomic E-state index is 0.0762. The first-order valence-corrected chi connectivity index (χ1v) is 10.0. The molecule has 0 aliphatic heterocycles. The first-order valence-electron chi connectivity index (χ1n) is 10.0. The molecule has 0 rings (SSSR count). The van der Waals surface area contributed by atoms with Gasteiger partial charge in [0.2, 0.25) is 0 Å². The van der Waals surface area contributed by atoms with E-state index in [0.29, 0.717) is 12.8 Å². The Morgan fingerprint density at radius 3 is 1.75 bits per heavy atom. The van der Waals surface area contributed by atoms with Crippen molar-refractivity contribution in [1.29, 1.82) is 0 Å². The van der Waals surface area contributed by atoms with Crippen molar-refractivity contribution in [2.24, 2.45) is 0 Å². The molecule has 0 saturated heterocycles. The Kier molecular flexibility index (Phi) is 16.0. The van der Waals surface area contributed by atoms with Crippen molar-refractivity contribution >= 4 is 11.9 Å². The normalized spacial score (nSPS) is 12.1. The van der Waals surface area contributed by atoms with Gasteiger partial charge in [-0.05, 0) is 19.3 Å². The number of unbranched alkanes of at least 4 members (excludes halogenated alkanes) is 10. The average molecular weight is 343 g/mol. The van der Waals surface area contributed by atoms with Crippen LogP contribution in [0.25, 0.3) is 0 Å². The lowest BCUT2D eigenvalue weighted by Crippen LogP contribution is -2.21. The number of hydrogen-bond acceptors (Lipinski definition) is 3. The van der Waals surface area contributed by atoms with Crippen LogP contribution in [0.4, 0.5) is 0 Å². The zero-order chi connectivity index (χ0) is 18.0. The van der Waals surface area contributed by atoms with Gasteiger partial charge in [-0.3, -0.25) is 9.59 Å². The molecule has 0 fully saturated rings. The summed E-state index contributed by atoms with van der Waals surface area (Å²) in [7, 11) is 0. The maximum Gasteiger partial charge on any atom is 0.307 e. The van der Waals surface area contributed by atoms with E-state index in [4.69, 9.17) is 9.84 Å². The molecular formula is C20H38O4. The topological polar surface area (TPSA) is 63.6 Å². The molecule has 4 heteroatoms. The Bertz CT molecular complexity index is 315. The van der Waals surface area contributed by atoms with Crippen LogP contribution in [0, 0.1) is 0 Å². The highest BCUT2D eigenvalue weighted by Gasteiger charge is 2.17. The fourth-order valence-electron chi connectivity index (χ4n) is 2.88. The molecule has 24 heavy (non-hydrogen) atoms. The summed E-state index contributed by atoms with van der Waals surface area (Å²) in [5, 5.41) is 8.91. The minimum Gasteiger partial charge on any atom is -0.481 e. The van der Waals surface area contributed by atoms with Gasteiger partial charge in [0.15, 0.2) is 0 Å². The molecule has 0 amide bonds. The molecule has 0 aliphatic rings. The van der Waals surface area contributed by atoms with Gasteiger partial charge in [0.05, 0.1) is 6.42 Å². The van der Waals surface area contributed by atoms with Crippen LogP contribution in [0.3, 0.4) is 0 Å². The van der Waals surface area contributed by atoms with E-state index in [2.05, 4.69) is 6.92 Å². The number of carboxylic acids is 1. The maximum absolute atomic E-state index is 11.5. The monoisotopic (exact) mass is 342 g/mol. The number of ether oxygens (including phenoxy) is 1. The molecule has 0 bridgehead atoms. The van der Waals surface area contributed by atoms with Gasteiger partial charge in [-0.25, -0.2) is 0 Å². The number of hydrogen-bond donors (Lipinski definition) is 1. The fraction of sp³-hybridized carbons (Fsp3) is 0.900. The molecule has 142 valence electrons. The second kappa shape index (κ2) is 16.8. The quantitative estimate of drug-likeness (QED) is 0.265. The molecular weight excluding hydrogens is 304 g/mol. The Labute approximate surface area is 148 Å². The van der Waals surface area contributed by atoms with E-state index in [9.17, 15) is 9.59 Å².